The van der Waals surface area contributed by atoms with Crippen molar-refractivity contribution in [3.05, 3.63) is 56.2 Å². The van der Waals surface area contributed by atoms with E-state index < -0.39 is 0 Å². The van der Waals surface area contributed by atoms with E-state index in [-0.39, 0.29) is 6.04 Å². The summed E-state index contributed by atoms with van der Waals surface area (Å²) in [7, 11) is 2.00. The molecule has 2 rings (SSSR count). The summed E-state index contributed by atoms with van der Waals surface area (Å²) in [5.41, 5.74) is 3.91. The molecular formula is C13H14BrNS. The summed E-state index contributed by atoms with van der Waals surface area (Å²) in [5.74, 6) is 0. The van der Waals surface area contributed by atoms with Crippen LogP contribution in [0.1, 0.15) is 22.7 Å². The van der Waals surface area contributed by atoms with Crippen molar-refractivity contribution in [2.45, 2.75) is 13.0 Å². The lowest BCUT2D eigenvalue weighted by atomic mass is 10.00. The maximum atomic E-state index is 3.53. The molecule has 0 fully saturated rings. The molecule has 16 heavy (non-hydrogen) atoms. The van der Waals surface area contributed by atoms with Gasteiger partial charge >= 0.3 is 0 Å². The molecule has 1 atom stereocenters. The fourth-order valence-electron chi connectivity index (χ4n) is 1.81. The molecule has 2 aromatic rings. The molecule has 0 aliphatic heterocycles. The number of benzene rings is 1. The average Bonchev–Trinajstić information content (AvgIpc) is 2.78. The largest absolute Gasteiger partial charge is 0.309 e. The zero-order valence-corrected chi connectivity index (χ0v) is 11.7. The van der Waals surface area contributed by atoms with Gasteiger partial charge in [-0.25, -0.2) is 0 Å². The maximum absolute atomic E-state index is 3.53. The van der Waals surface area contributed by atoms with Crippen molar-refractivity contribution in [1.29, 1.82) is 0 Å². The van der Waals surface area contributed by atoms with Crippen LogP contribution in [0, 0.1) is 6.92 Å². The Labute approximate surface area is 109 Å². The summed E-state index contributed by atoms with van der Waals surface area (Å²) in [6, 6.07) is 8.96. The summed E-state index contributed by atoms with van der Waals surface area (Å²) < 4.78 is 1.16. The molecule has 1 N–H and O–H groups in total. The quantitative estimate of drug-likeness (QED) is 0.898. The Morgan fingerprint density at radius 1 is 1.25 bits per heavy atom. The molecule has 84 valence electrons. The lowest BCUT2D eigenvalue weighted by molar-refractivity contribution is 0.693. The monoisotopic (exact) mass is 295 g/mol. The standard InChI is InChI=1S/C13H14BrNS/c1-9-7-10(3-4-12(9)14)13(15-2)11-5-6-16-8-11/h3-8,13,15H,1-2H3. The molecule has 0 spiro atoms. The number of hydrogen-bond donors (Lipinski definition) is 1. The minimum atomic E-state index is 0.290. The molecule has 1 heterocycles. The number of halogens is 1. The van der Waals surface area contributed by atoms with Crippen LogP contribution in [0.5, 0.6) is 0 Å². The van der Waals surface area contributed by atoms with Crippen LogP contribution in [0.3, 0.4) is 0 Å². The minimum absolute atomic E-state index is 0.290. The fraction of sp³-hybridized carbons (Fsp3) is 0.231. The second-order valence-corrected chi connectivity index (χ2v) is 5.42. The van der Waals surface area contributed by atoms with Gasteiger partial charge in [0.2, 0.25) is 0 Å². The van der Waals surface area contributed by atoms with Crippen LogP contribution < -0.4 is 5.32 Å². The van der Waals surface area contributed by atoms with E-state index in [0.717, 1.165) is 4.47 Å². The van der Waals surface area contributed by atoms with Gasteiger partial charge < -0.3 is 5.32 Å². The lowest BCUT2D eigenvalue weighted by Crippen LogP contribution is -2.17. The van der Waals surface area contributed by atoms with E-state index in [1.807, 2.05) is 7.05 Å². The second kappa shape index (κ2) is 5.13. The highest BCUT2D eigenvalue weighted by atomic mass is 79.9. The molecule has 1 unspecified atom stereocenters. The van der Waals surface area contributed by atoms with Gasteiger partial charge in [-0.2, -0.15) is 11.3 Å². The summed E-state index contributed by atoms with van der Waals surface area (Å²) in [4.78, 5) is 0. The van der Waals surface area contributed by atoms with E-state index in [4.69, 9.17) is 0 Å². The molecule has 0 bridgehead atoms. The molecule has 0 saturated carbocycles. The Morgan fingerprint density at radius 3 is 2.62 bits per heavy atom. The lowest BCUT2D eigenvalue weighted by Gasteiger charge is -2.16. The van der Waals surface area contributed by atoms with Crippen LogP contribution in [-0.2, 0) is 0 Å². The number of rotatable bonds is 3. The highest BCUT2D eigenvalue weighted by Crippen LogP contribution is 2.26. The topological polar surface area (TPSA) is 12.0 Å². The molecule has 0 amide bonds. The molecule has 0 aliphatic rings. The van der Waals surface area contributed by atoms with Crippen molar-refractivity contribution in [3.8, 4) is 0 Å². The van der Waals surface area contributed by atoms with E-state index in [0.29, 0.717) is 0 Å². The number of nitrogens with one attached hydrogen (secondary N) is 1. The molecule has 3 heteroatoms. The third-order valence-corrected chi connectivity index (χ3v) is 4.27. The van der Waals surface area contributed by atoms with Crippen LogP contribution in [0.2, 0.25) is 0 Å². The first-order chi connectivity index (χ1) is 7.72. The van der Waals surface area contributed by atoms with Crippen molar-refractivity contribution < 1.29 is 0 Å². The molecule has 1 nitrogen and oxygen atoms in total. The predicted molar refractivity (Wildman–Crippen MR) is 74.1 cm³/mol. The molecule has 0 saturated heterocycles. The summed E-state index contributed by atoms with van der Waals surface area (Å²) in [6.45, 7) is 2.12. The Morgan fingerprint density at radius 2 is 2.06 bits per heavy atom. The van der Waals surface area contributed by atoms with Crippen LogP contribution in [0.25, 0.3) is 0 Å². The van der Waals surface area contributed by atoms with Crippen molar-refractivity contribution in [1.82, 2.24) is 5.32 Å². The van der Waals surface area contributed by atoms with E-state index >= 15 is 0 Å². The molecule has 0 aliphatic carbocycles. The maximum Gasteiger partial charge on any atom is 0.0582 e. The molecule has 0 radical (unpaired) electrons. The van der Waals surface area contributed by atoms with Crippen molar-refractivity contribution in [2.24, 2.45) is 0 Å². The molecule has 1 aromatic carbocycles. The van der Waals surface area contributed by atoms with Gasteiger partial charge in [-0.15, -0.1) is 0 Å². The number of aryl methyl sites for hydroxylation is 1. The Bertz CT molecular complexity index is 465. The fourth-order valence-corrected chi connectivity index (χ4v) is 2.75. The van der Waals surface area contributed by atoms with Crippen LogP contribution in [0.15, 0.2) is 39.5 Å². The third-order valence-electron chi connectivity index (χ3n) is 2.68. The highest BCUT2D eigenvalue weighted by Gasteiger charge is 2.12. The molecule has 1 aromatic heterocycles. The normalized spacial score (nSPS) is 12.7. The predicted octanol–water partition coefficient (Wildman–Crippen LogP) is 4.13. The van der Waals surface area contributed by atoms with E-state index in [2.05, 4.69) is 63.2 Å². The zero-order chi connectivity index (χ0) is 11.5. The van der Waals surface area contributed by atoms with Crippen LogP contribution in [-0.4, -0.2) is 7.05 Å². The van der Waals surface area contributed by atoms with Gasteiger partial charge in [-0.1, -0.05) is 28.1 Å². The summed E-state index contributed by atoms with van der Waals surface area (Å²) in [5, 5.41) is 7.67. The number of thiophene rings is 1. The van der Waals surface area contributed by atoms with Gasteiger partial charge in [-0.05, 0) is 53.6 Å². The van der Waals surface area contributed by atoms with Crippen molar-refractivity contribution >= 4 is 27.3 Å². The Balaban J connectivity index is 2.37. The van der Waals surface area contributed by atoms with Gasteiger partial charge in [-0.3, -0.25) is 0 Å². The van der Waals surface area contributed by atoms with Crippen LogP contribution in [0.4, 0.5) is 0 Å². The first-order valence-corrected chi connectivity index (χ1v) is 6.91. The highest BCUT2D eigenvalue weighted by molar-refractivity contribution is 9.10. The van der Waals surface area contributed by atoms with Gasteiger partial charge in [0.1, 0.15) is 0 Å². The number of hydrogen-bond acceptors (Lipinski definition) is 2. The third kappa shape index (κ3) is 2.37. The SMILES string of the molecule is CNC(c1ccsc1)c1ccc(Br)c(C)c1. The summed E-state index contributed by atoms with van der Waals surface area (Å²) in [6.07, 6.45) is 0. The van der Waals surface area contributed by atoms with E-state index in [1.54, 1.807) is 11.3 Å². The van der Waals surface area contributed by atoms with Crippen LogP contribution >= 0.6 is 27.3 Å². The summed E-state index contributed by atoms with van der Waals surface area (Å²) >= 11 is 5.27. The second-order valence-electron chi connectivity index (χ2n) is 3.79. The average molecular weight is 296 g/mol. The van der Waals surface area contributed by atoms with Crippen molar-refractivity contribution in [2.75, 3.05) is 7.05 Å². The Kier molecular flexibility index (Phi) is 3.79. The van der Waals surface area contributed by atoms with Gasteiger partial charge in [0.15, 0.2) is 0 Å². The van der Waals surface area contributed by atoms with Gasteiger partial charge in [0, 0.05) is 4.47 Å². The van der Waals surface area contributed by atoms with E-state index in [9.17, 15) is 0 Å². The van der Waals surface area contributed by atoms with Crippen molar-refractivity contribution in [3.63, 3.8) is 0 Å². The molecular weight excluding hydrogens is 282 g/mol. The van der Waals surface area contributed by atoms with E-state index in [1.165, 1.54) is 16.7 Å². The first kappa shape index (κ1) is 11.8. The first-order valence-electron chi connectivity index (χ1n) is 5.18. The van der Waals surface area contributed by atoms with Gasteiger partial charge in [0.05, 0.1) is 6.04 Å². The zero-order valence-electron chi connectivity index (χ0n) is 9.33. The smallest absolute Gasteiger partial charge is 0.0582 e. The minimum Gasteiger partial charge on any atom is -0.309 e. The Hall–Kier alpha value is -0.640. The van der Waals surface area contributed by atoms with Gasteiger partial charge in [0.25, 0.3) is 0 Å².